The molecule has 0 rings (SSSR count). The van der Waals surface area contributed by atoms with E-state index in [1.807, 2.05) is 6.92 Å². The molecule has 0 radical (unpaired) electrons. The van der Waals surface area contributed by atoms with Crippen molar-refractivity contribution in [1.82, 2.24) is 5.32 Å². The van der Waals surface area contributed by atoms with Crippen molar-refractivity contribution in [1.29, 1.82) is 0 Å². The van der Waals surface area contributed by atoms with Gasteiger partial charge in [-0.2, -0.15) is 13.2 Å². The molecule has 4 nitrogen and oxygen atoms in total. The summed E-state index contributed by atoms with van der Waals surface area (Å²) in [4.78, 5) is 22.9. The number of ether oxygens (including phenoxy) is 1. The van der Waals surface area contributed by atoms with Crippen LogP contribution in [0.3, 0.4) is 0 Å². The van der Waals surface area contributed by atoms with Crippen molar-refractivity contribution in [2.45, 2.75) is 71.7 Å². The van der Waals surface area contributed by atoms with E-state index in [0.29, 0.717) is 6.42 Å². The number of unbranched alkanes of at least 4 members (excludes halogenated alkanes) is 1. The molecule has 21 heavy (non-hydrogen) atoms. The second-order valence-corrected chi connectivity index (χ2v) is 5.54. The largest absolute Gasteiger partial charge is 0.471 e. The van der Waals surface area contributed by atoms with E-state index in [-0.39, 0.29) is 18.4 Å². The maximum atomic E-state index is 12.3. The van der Waals surface area contributed by atoms with Gasteiger partial charge in [-0.3, -0.25) is 4.79 Å². The van der Waals surface area contributed by atoms with Gasteiger partial charge >= 0.3 is 18.1 Å². The van der Waals surface area contributed by atoms with E-state index in [4.69, 9.17) is 4.74 Å². The first-order valence-corrected chi connectivity index (χ1v) is 7.16. The fourth-order valence-corrected chi connectivity index (χ4v) is 1.76. The Labute approximate surface area is 123 Å². The Morgan fingerprint density at radius 1 is 1.19 bits per heavy atom. The average Bonchev–Trinajstić information content (AvgIpc) is 2.33. The van der Waals surface area contributed by atoms with E-state index in [2.05, 4.69) is 0 Å². The molecule has 0 spiro atoms. The Kier molecular flexibility index (Phi) is 8.36. The summed E-state index contributed by atoms with van der Waals surface area (Å²) in [7, 11) is 0. The Morgan fingerprint density at radius 2 is 1.76 bits per heavy atom. The van der Waals surface area contributed by atoms with Crippen molar-refractivity contribution in [3.63, 3.8) is 0 Å². The zero-order valence-electron chi connectivity index (χ0n) is 12.9. The van der Waals surface area contributed by atoms with Crippen molar-refractivity contribution >= 4 is 11.9 Å². The van der Waals surface area contributed by atoms with E-state index in [1.165, 1.54) is 0 Å². The maximum Gasteiger partial charge on any atom is 0.471 e. The number of halogens is 3. The minimum absolute atomic E-state index is 0.0537. The van der Waals surface area contributed by atoms with E-state index in [1.54, 1.807) is 26.1 Å². The van der Waals surface area contributed by atoms with Gasteiger partial charge in [0, 0.05) is 0 Å². The molecule has 7 heteroatoms. The third kappa shape index (κ3) is 8.57. The molecule has 2 atom stereocenters. The number of carbonyl (C=O) groups is 2. The first-order valence-electron chi connectivity index (χ1n) is 7.16. The Morgan fingerprint density at radius 3 is 2.19 bits per heavy atom. The molecule has 0 bridgehead atoms. The van der Waals surface area contributed by atoms with Gasteiger partial charge in [0.15, 0.2) is 0 Å². The van der Waals surface area contributed by atoms with Gasteiger partial charge in [0.1, 0.15) is 6.04 Å². The van der Waals surface area contributed by atoms with Crippen LogP contribution in [0.2, 0.25) is 0 Å². The number of hydrogen-bond acceptors (Lipinski definition) is 3. The number of rotatable bonds is 8. The van der Waals surface area contributed by atoms with Crippen molar-refractivity contribution in [3.8, 4) is 0 Å². The molecule has 0 aromatic rings. The summed E-state index contributed by atoms with van der Waals surface area (Å²) < 4.78 is 41.9. The Hall–Kier alpha value is -1.27. The van der Waals surface area contributed by atoms with Crippen LogP contribution in [-0.4, -0.2) is 30.2 Å². The lowest BCUT2D eigenvalue weighted by atomic mass is 10.0. The zero-order chi connectivity index (χ0) is 16.6. The van der Waals surface area contributed by atoms with Crippen LogP contribution in [0.1, 0.15) is 53.4 Å². The average molecular weight is 311 g/mol. The fourth-order valence-electron chi connectivity index (χ4n) is 1.76. The van der Waals surface area contributed by atoms with Gasteiger partial charge in [0.25, 0.3) is 0 Å². The minimum Gasteiger partial charge on any atom is -0.461 e. The van der Waals surface area contributed by atoms with Crippen molar-refractivity contribution < 1.29 is 27.5 Å². The quantitative estimate of drug-likeness (QED) is 0.700. The lowest BCUT2D eigenvalue weighted by Gasteiger charge is -2.22. The van der Waals surface area contributed by atoms with Crippen LogP contribution in [0, 0.1) is 5.92 Å². The van der Waals surface area contributed by atoms with Crippen LogP contribution in [0.4, 0.5) is 13.2 Å². The number of hydrogen-bond donors (Lipinski definition) is 1. The monoisotopic (exact) mass is 311 g/mol. The van der Waals surface area contributed by atoms with Crippen LogP contribution >= 0.6 is 0 Å². The highest BCUT2D eigenvalue weighted by Crippen LogP contribution is 2.17. The molecular formula is C14H24F3NO3. The fraction of sp³-hybridized carbons (Fsp3) is 0.857. The SMILES string of the molecule is CCCCC(C)OC(=O)C(CC(C)C)NC(=O)C(F)(F)F. The molecule has 0 fully saturated rings. The summed E-state index contributed by atoms with van der Waals surface area (Å²) in [6, 6.07) is -1.27. The van der Waals surface area contributed by atoms with E-state index < -0.39 is 24.1 Å². The highest BCUT2D eigenvalue weighted by Gasteiger charge is 2.41. The van der Waals surface area contributed by atoms with Crippen LogP contribution in [0.15, 0.2) is 0 Å². The molecule has 2 unspecified atom stereocenters. The molecule has 0 aromatic carbocycles. The van der Waals surface area contributed by atoms with Crippen LogP contribution in [-0.2, 0) is 14.3 Å². The van der Waals surface area contributed by atoms with Gasteiger partial charge in [-0.1, -0.05) is 33.6 Å². The van der Waals surface area contributed by atoms with Gasteiger partial charge in [-0.25, -0.2) is 4.79 Å². The predicted octanol–water partition coefficient (Wildman–Crippen LogP) is 3.20. The number of alkyl halides is 3. The van der Waals surface area contributed by atoms with E-state index in [9.17, 15) is 22.8 Å². The third-order valence-corrected chi connectivity index (χ3v) is 2.84. The van der Waals surface area contributed by atoms with Gasteiger partial charge in [0.2, 0.25) is 0 Å². The van der Waals surface area contributed by atoms with E-state index >= 15 is 0 Å². The van der Waals surface area contributed by atoms with Crippen LogP contribution in [0.5, 0.6) is 0 Å². The first kappa shape index (κ1) is 19.7. The lowest BCUT2D eigenvalue weighted by molar-refractivity contribution is -0.176. The standard InChI is InChI=1S/C14H24F3NO3/c1-5-6-7-10(4)21-12(19)11(8-9(2)3)18-13(20)14(15,16)17/h9-11H,5-8H2,1-4H3,(H,18,20). The summed E-state index contributed by atoms with van der Waals surface area (Å²) >= 11 is 0. The predicted molar refractivity (Wildman–Crippen MR) is 72.5 cm³/mol. The molecule has 0 saturated carbocycles. The second kappa shape index (κ2) is 8.89. The van der Waals surface area contributed by atoms with Crippen molar-refractivity contribution in [3.05, 3.63) is 0 Å². The van der Waals surface area contributed by atoms with Gasteiger partial charge in [0.05, 0.1) is 6.10 Å². The molecule has 0 aliphatic carbocycles. The third-order valence-electron chi connectivity index (χ3n) is 2.84. The molecule has 0 aliphatic heterocycles. The molecule has 0 heterocycles. The van der Waals surface area contributed by atoms with Gasteiger partial charge in [-0.05, 0) is 25.7 Å². The maximum absolute atomic E-state index is 12.3. The lowest BCUT2D eigenvalue weighted by Crippen LogP contribution is -2.48. The van der Waals surface area contributed by atoms with Crippen molar-refractivity contribution in [2.24, 2.45) is 5.92 Å². The summed E-state index contributed by atoms with van der Waals surface area (Å²) in [6.45, 7) is 7.17. The zero-order valence-corrected chi connectivity index (χ0v) is 12.9. The van der Waals surface area contributed by atoms with Gasteiger partial charge < -0.3 is 10.1 Å². The molecule has 1 N–H and O–H groups in total. The summed E-state index contributed by atoms with van der Waals surface area (Å²) in [6.07, 6.45) is -2.86. The Balaban J connectivity index is 4.67. The smallest absolute Gasteiger partial charge is 0.461 e. The first-order chi connectivity index (χ1) is 9.57. The summed E-state index contributed by atoms with van der Waals surface area (Å²) in [5, 5.41) is 1.71. The second-order valence-electron chi connectivity index (χ2n) is 5.54. The van der Waals surface area contributed by atoms with Crippen molar-refractivity contribution in [2.75, 3.05) is 0 Å². The molecule has 0 aliphatic rings. The Bertz CT molecular complexity index is 343. The van der Waals surface area contributed by atoms with E-state index in [0.717, 1.165) is 12.8 Å². The number of carbonyl (C=O) groups excluding carboxylic acids is 2. The number of amides is 1. The van der Waals surface area contributed by atoms with Crippen LogP contribution in [0.25, 0.3) is 0 Å². The number of nitrogens with one attached hydrogen (secondary N) is 1. The minimum atomic E-state index is -5.01. The topological polar surface area (TPSA) is 55.4 Å². The molecule has 0 saturated heterocycles. The molecular weight excluding hydrogens is 287 g/mol. The highest BCUT2D eigenvalue weighted by atomic mass is 19.4. The molecule has 124 valence electrons. The molecule has 0 aromatic heterocycles. The molecule has 1 amide bonds. The highest BCUT2D eigenvalue weighted by molar-refractivity contribution is 5.87. The summed E-state index contributed by atoms with van der Waals surface area (Å²) in [5.74, 6) is -2.99. The van der Waals surface area contributed by atoms with Crippen LogP contribution < -0.4 is 5.32 Å². The summed E-state index contributed by atoms with van der Waals surface area (Å²) in [5.41, 5.74) is 0. The van der Waals surface area contributed by atoms with Gasteiger partial charge in [-0.15, -0.1) is 0 Å². The normalized spacial score (nSPS) is 14.7. The number of esters is 1.